The Hall–Kier alpha value is -1.88. The lowest BCUT2D eigenvalue weighted by molar-refractivity contribution is -0.120. The second kappa shape index (κ2) is 6.00. The molecule has 0 unspecified atom stereocenters. The highest BCUT2D eigenvalue weighted by molar-refractivity contribution is 5.91. The zero-order valence-corrected chi connectivity index (χ0v) is 9.51. The Balaban J connectivity index is 2.68. The third-order valence-corrected chi connectivity index (χ3v) is 2.19. The summed E-state index contributed by atoms with van der Waals surface area (Å²) in [5, 5.41) is 20.4. The first-order valence-corrected chi connectivity index (χ1v) is 5.26. The highest BCUT2D eigenvalue weighted by Crippen LogP contribution is 2.09. The van der Waals surface area contributed by atoms with E-state index in [1.54, 1.807) is 25.1 Å². The molecule has 92 valence electrons. The van der Waals surface area contributed by atoms with Crippen LogP contribution in [0, 0.1) is 0 Å². The number of hydrogen-bond donors (Lipinski definition) is 3. The number of aromatic carboxylic acids is 1. The van der Waals surface area contributed by atoms with Crippen molar-refractivity contribution in [2.45, 2.75) is 19.4 Å². The molecule has 0 aliphatic heterocycles. The standard InChI is InChI=1S/C12H15NO4/c1-8(14)7-13-11(15)6-9-4-2-3-5-10(9)12(16)17/h2-5,8,14H,6-7H2,1H3,(H,13,15)(H,16,17)/t8-/m0/s1. The fourth-order valence-corrected chi connectivity index (χ4v) is 1.38. The van der Waals surface area contributed by atoms with Crippen LogP contribution in [-0.2, 0) is 11.2 Å². The van der Waals surface area contributed by atoms with Crippen molar-refractivity contribution in [2.24, 2.45) is 0 Å². The molecular weight excluding hydrogens is 222 g/mol. The molecule has 1 aromatic carbocycles. The zero-order chi connectivity index (χ0) is 12.8. The number of carboxylic acid groups (broad SMARTS) is 1. The number of carboxylic acids is 1. The molecule has 1 amide bonds. The second-order valence-corrected chi connectivity index (χ2v) is 3.79. The largest absolute Gasteiger partial charge is 0.478 e. The molecule has 1 atom stereocenters. The Kier molecular flexibility index (Phi) is 4.66. The highest BCUT2D eigenvalue weighted by Gasteiger charge is 2.12. The quantitative estimate of drug-likeness (QED) is 0.693. The fourth-order valence-electron chi connectivity index (χ4n) is 1.38. The van der Waals surface area contributed by atoms with Crippen molar-refractivity contribution in [1.82, 2.24) is 5.32 Å². The number of amides is 1. The van der Waals surface area contributed by atoms with Crippen molar-refractivity contribution in [3.8, 4) is 0 Å². The van der Waals surface area contributed by atoms with Gasteiger partial charge >= 0.3 is 5.97 Å². The molecular formula is C12H15NO4. The molecule has 1 aromatic rings. The lowest BCUT2D eigenvalue weighted by Crippen LogP contribution is -2.32. The van der Waals surface area contributed by atoms with Crippen LogP contribution in [-0.4, -0.2) is 34.7 Å². The number of aliphatic hydroxyl groups is 1. The SMILES string of the molecule is C[C@H](O)CNC(=O)Cc1ccccc1C(=O)O. The number of carbonyl (C=O) groups excluding carboxylic acids is 1. The first-order chi connectivity index (χ1) is 8.00. The fraction of sp³-hybridized carbons (Fsp3) is 0.333. The van der Waals surface area contributed by atoms with Gasteiger partial charge in [0.25, 0.3) is 0 Å². The number of nitrogens with one attached hydrogen (secondary N) is 1. The number of rotatable bonds is 5. The highest BCUT2D eigenvalue weighted by atomic mass is 16.4. The van der Waals surface area contributed by atoms with Crippen molar-refractivity contribution in [3.05, 3.63) is 35.4 Å². The van der Waals surface area contributed by atoms with Crippen molar-refractivity contribution in [2.75, 3.05) is 6.54 Å². The van der Waals surface area contributed by atoms with E-state index < -0.39 is 12.1 Å². The van der Waals surface area contributed by atoms with E-state index in [1.807, 2.05) is 0 Å². The molecule has 3 N–H and O–H groups in total. The third kappa shape index (κ3) is 4.24. The van der Waals surface area contributed by atoms with Gasteiger partial charge in [0.05, 0.1) is 18.1 Å². The Morgan fingerprint density at radius 3 is 2.59 bits per heavy atom. The molecule has 17 heavy (non-hydrogen) atoms. The van der Waals surface area contributed by atoms with Crippen LogP contribution in [0.4, 0.5) is 0 Å². The third-order valence-electron chi connectivity index (χ3n) is 2.19. The van der Waals surface area contributed by atoms with E-state index in [1.165, 1.54) is 6.07 Å². The average Bonchev–Trinajstić information content (AvgIpc) is 2.27. The molecule has 0 heterocycles. The Bertz CT molecular complexity index is 415. The van der Waals surface area contributed by atoms with E-state index >= 15 is 0 Å². The summed E-state index contributed by atoms with van der Waals surface area (Å²) >= 11 is 0. The lowest BCUT2D eigenvalue weighted by Gasteiger charge is -2.08. The number of aliphatic hydroxyl groups excluding tert-OH is 1. The van der Waals surface area contributed by atoms with Crippen LogP contribution in [0.1, 0.15) is 22.8 Å². The summed E-state index contributed by atoms with van der Waals surface area (Å²) < 4.78 is 0. The van der Waals surface area contributed by atoms with E-state index in [4.69, 9.17) is 10.2 Å². The Morgan fingerprint density at radius 2 is 2.00 bits per heavy atom. The molecule has 0 saturated heterocycles. The van der Waals surface area contributed by atoms with Crippen molar-refractivity contribution in [1.29, 1.82) is 0 Å². The minimum absolute atomic E-state index is 0.00477. The summed E-state index contributed by atoms with van der Waals surface area (Å²) in [7, 11) is 0. The van der Waals surface area contributed by atoms with Crippen LogP contribution < -0.4 is 5.32 Å². The topological polar surface area (TPSA) is 86.6 Å². The molecule has 0 radical (unpaired) electrons. The van der Waals surface area contributed by atoms with Gasteiger partial charge in [-0.15, -0.1) is 0 Å². The molecule has 5 nitrogen and oxygen atoms in total. The zero-order valence-electron chi connectivity index (χ0n) is 9.51. The average molecular weight is 237 g/mol. The van der Waals surface area contributed by atoms with Crippen molar-refractivity contribution >= 4 is 11.9 Å². The van der Waals surface area contributed by atoms with Gasteiger partial charge in [0.15, 0.2) is 0 Å². The van der Waals surface area contributed by atoms with Crippen molar-refractivity contribution < 1.29 is 19.8 Å². The van der Waals surface area contributed by atoms with E-state index in [0.29, 0.717) is 5.56 Å². The van der Waals surface area contributed by atoms with E-state index in [0.717, 1.165) is 0 Å². The predicted molar refractivity (Wildman–Crippen MR) is 61.8 cm³/mol. The second-order valence-electron chi connectivity index (χ2n) is 3.79. The van der Waals surface area contributed by atoms with E-state index in [-0.39, 0.29) is 24.4 Å². The molecule has 0 aliphatic carbocycles. The number of benzene rings is 1. The molecule has 0 spiro atoms. The molecule has 0 aliphatic rings. The molecule has 0 saturated carbocycles. The van der Waals surface area contributed by atoms with E-state index in [9.17, 15) is 9.59 Å². The monoisotopic (exact) mass is 237 g/mol. The number of hydrogen-bond acceptors (Lipinski definition) is 3. The van der Waals surface area contributed by atoms with Gasteiger partial charge in [-0.1, -0.05) is 18.2 Å². The Morgan fingerprint density at radius 1 is 1.35 bits per heavy atom. The van der Waals surface area contributed by atoms with Gasteiger partial charge in [0, 0.05) is 6.54 Å². The van der Waals surface area contributed by atoms with Crippen LogP contribution in [0.2, 0.25) is 0 Å². The molecule has 0 bridgehead atoms. The maximum absolute atomic E-state index is 11.5. The van der Waals surface area contributed by atoms with Crippen LogP contribution in [0.3, 0.4) is 0 Å². The minimum Gasteiger partial charge on any atom is -0.478 e. The van der Waals surface area contributed by atoms with Gasteiger partial charge in [0.2, 0.25) is 5.91 Å². The molecule has 0 aromatic heterocycles. The van der Waals surface area contributed by atoms with Gasteiger partial charge in [0.1, 0.15) is 0 Å². The van der Waals surface area contributed by atoms with Gasteiger partial charge < -0.3 is 15.5 Å². The maximum atomic E-state index is 11.5. The van der Waals surface area contributed by atoms with Gasteiger partial charge in [-0.3, -0.25) is 4.79 Å². The van der Waals surface area contributed by atoms with Gasteiger partial charge in [-0.05, 0) is 18.6 Å². The molecule has 1 rings (SSSR count). The van der Waals surface area contributed by atoms with Crippen LogP contribution >= 0.6 is 0 Å². The number of carbonyl (C=O) groups is 2. The van der Waals surface area contributed by atoms with E-state index in [2.05, 4.69) is 5.32 Å². The molecule has 5 heteroatoms. The van der Waals surface area contributed by atoms with Crippen molar-refractivity contribution in [3.63, 3.8) is 0 Å². The predicted octanol–water partition coefficient (Wildman–Crippen LogP) is 0.424. The lowest BCUT2D eigenvalue weighted by atomic mass is 10.0. The summed E-state index contributed by atoms with van der Waals surface area (Å²) in [6.45, 7) is 1.72. The smallest absolute Gasteiger partial charge is 0.335 e. The van der Waals surface area contributed by atoms with Crippen LogP contribution in [0.5, 0.6) is 0 Å². The summed E-state index contributed by atoms with van der Waals surface area (Å²) in [6, 6.07) is 6.36. The first kappa shape index (κ1) is 13.2. The minimum atomic E-state index is -1.05. The normalized spacial score (nSPS) is 11.9. The first-order valence-electron chi connectivity index (χ1n) is 5.26. The summed E-state index contributed by atoms with van der Waals surface area (Å²) in [5.41, 5.74) is 0.586. The van der Waals surface area contributed by atoms with Gasteiger partial charge in [-0.2, -0.15) is 0 Å². The van der Waals surface area contributed by atoms with Gasteiger partial charge in [-0.25, -0.2) is 4.79 Å². The van der Waals surface area contributed by atoms with Crippen LogP contribution in [0.15, 0.2) is 24.3 Å². The molecule has 0 fully saturated rings. The summed E-state index contributed by atoms with van der Waals surface area (Å²) in [4.78, 5) is 22.4. The Labute approximate surface area is 99.1 Å². The summed E-state index contributed by atoms with van der Waals surface area (Å²) in [5.74, 6) is -1.36. The van der Waals surface area contributed by atoms with Crippen LogP contribution in [0.25, 0.3) is 0 Å². The summed E-state index contributed by atoms with van der Waals surface area (Å²) in [6.07, 6.45) is -0.622. The maximum Gasteiger partial charge on any atom is 0.335 e.